The molecule has 0 aliphatic rings. The van der Waals surface area contributed by atoms with Crippen molar-refractivity contribution in [3.63, 3.8) is 0 Å². The molecule has 2 aromatic rings. The van der Waals surface area contributed by atoms with E-state index in [1.54, 1.807) is 12.1 Å². The maximum atomic E-state index is 12.0. The molecule has 0 aromatic heterocycles. The first-order valence-electron chi connectivity index (χ1n) is 9.89. The highest BCUT2D eigenvalue weighted by Gasteiger charge is 2.11. The van der Waals surface area contributed by atoms with Crippen molar-refractivity contribution < 1.29 is 9.59 Å². The third-order valence-corrected chi connectivity index (χ3v) is 5.22. The van der Waals surface area contributed by atoms with Crippen LogP contribution in [0.1, 0.15) is 30.4 Å². The quantitative estimate of drug-likeness (QED) is 0.205. The molecule has 0 spiro atoms. The third-order valence-electron chi connectivity index (χ3n) is 4.36. The predicted molar refractivity (Wildman–Crippen MR) is 132 cm³/mol. The van der Waals surface area contributed by atoms with Gasteiger partial charge in [-0.15, -0.1) is 0 Å². The van der Waals surface area contributed by atoms with Crippen LogP contribution in [0.2, 0.25) is 0 Å². The van der Waals surface area contributed by atoms with Gasteiger partial charge in [-0.2, -0.15) is 15.6 Å². The molecule has 32 heavy (non-hydrogen) atoms. The zero-order chi connectivity index (χ0) is 23.3. The number of anilines is 2. The number of nitrogens with one attached hydrogen (secondary N) is 2. The summed E-state index contributed by atoms with van der Waals surface area (Å²) in [6.07, 6.45) is 1.90. The second-order valence-electron chi connectivity index (χ2n) is 6.90. The number of halogens is 1. The molecule has 0 aliphatic carbocycles. The highest BCUT2D eigenvalue weighted by atomic mass is 127. The molecule has 2 amide bonds. The van der Waals surface area contributed by atoms with E-state index < -0.39 is 11.8 Å². The normalized spacial score (nSPS) is 10.2. The Morgan fingerprint density at radius 3 is 2.31 bits per heavy atom. The number of hydrazone groups is 1. The fourth-order valence-electron chi connectivity index (χ4n) is 2.79. The van der Waals surface area contributed by atoms with Crippen LogP contribution in [0.15, 0.2) is 47.6 Å². The standard InChI is InChI=1S/C23H23IN6O2/c1-17-4-7-19(8-5-17)28-22(31)15-23(32)29-27-16-18-6-9-21(20(24)14-18)30(12-2-10-25)13-3-11-26/h4-9,14,16H,2-3,12-13,15H2,1H3,(H,28,31)(H,29,32). The van der Waals surface area contributed by atoms with Gasteiger partial charge in [-0.1, -0.05) is 23.8 Å². The Hall–Kier alpha value is -3.44. The van der Waals surface area contributed by atoms with Gasteiger partial charge in [0.05, 0.1) is 36.9 Å². The summed E-state index contributed by atoms with van der Waals surface area (Å²) in [6.45, 7) is 3.04. The first kappa shape index (κ1) is 24.8. The minimum Gasteiger partial charge on any atom is -0.369 e. The van der Waals surface area contributed by atoms with Gasteiger partial charge in [-0.3, -0.25) is 9.59 Å². The van der Waals surface area contributed by atoms with E-state index in [4.69, 9.17) is 10.5 Å². The van der Waals surface area contributed by atoms with E-state index in [1.807, 2.05) is 42.2 Å². The first-order chi connectivity index (χ1) is 15.4. The number of rotatable bonds is 10. The number of hydrogen-bond donors (Lipinski definition) is 2. The van der Waals surface area contributed by atoms with Gasteiger partial charge in [0.25, 0.3) is 0 Å². The van der Waals surface area contributed by atoms with Crippen LogP contribution in [0.5, 0.6) is 0 Å². The lowest BCUT2D eigenvalue weighted by Crippen LogP contribution is -2.26. The minimum atomic E-state index is -0.517. The zero-order valence-corrected chi connectivity index (χ0v) is 19.8. The Balaban J connectivity index is 1.90. The Kier molecular flexibility index (Phi) is 10.1. The van der Waals surface area contributed by atoms with Gasteiger partial charge in [0.15, 0.2) is 0 Å². The maximum absolute atomic E-state index is 12.0. The Labute approximate surface area is 201 Å². The highest BCUT2D eigenvalue weighted by molar-refractivity contribution is 14.1. The lowest BCUT2D eigenvalue weighted by atomic mass is 10.2. The fraction of sp³-hybridized carbons (Fsp3) is 0.261. The number of nitrogens with zero attached hydrogens (tertiary/aromatic N) is 4. The van der Waals surface area contributed by atoms with Gasteiger partial charge in [0.1, 0.15) is 6.42 Å². The fourth-order valence-corrected chi connectivity index (χ4v) is 3.67. The molecule has 0 heterocycles. The van der Waals surface area contributed by atoms with Crippen LogP contribution in [-0.2, 0) is 9.59 Å². The van der Waals surface area contributed by atoms with Crippen LogP contribution in [0.3, 0.4) is 0 Å². The summed E-state index contributed by atoms with van der Waals surface area (Å²) in [5, 5.41) is 24.3. The number of carbonyl (C=O) groups is 2. The Morgan fingerprint density at radius 1 is 1.06 bits per heavy atom. The summed E-state index contributed by atoms with van der Waals surface area (Å²) < 4.78 is 0.936. The first-order valence-corrected chi connectivity index (χ1v) is 11.0. The number of hydrogen-bond acceptors (Lipinski definition) is 6. The predicted octanol–water partition coefficient (Wildman–Crippen LogP) is 3.71. The van der Waals surface area contributed by atoms with Crippen molar-refractivity contribution in [3.05, 3.63) is 57.2 Å². The molecule has 2 N–H and O–H groups in total. The Bertz CT molecular complexity index is 1040. The van der Waals surface area contributed by atoms with Crippen molar-refractivity contribution in [1.82, 2.24) is 5.43 Å². The lowest BCUT2D eigenvalue weighted by molar-refractivity contribution is -0.126. The smallest absolute Gasteiger partial charge is 0.249 e. The lowest BCUT2D eigenvalue weighted by Gasteiger charge is -2.24. The van der Waals surface area contributed by atoms with Gasteiger partial charge in [0.2, 0.25) is 11.8 Å². The summed E-state index contributed by atoms with van der Waals surface area (Å²) in [7, 11) is 0. The molecule has 2 aromatic carbocycles. The second-order valence-corrected chi connectivity index (χ2v) is 8.06. The van der Waals surface area contributed by atoms with Crippen LogP contribution in [0, 0.1) is 33.2 Å². The molecule has 164 valence electrons. The summed E-state index contributed by atoms with van der Waals surface area (Å²) in [5.41, 5.74) is 5.76. The molecule has 0 saturated heterocycles. The highest BCUT2D eigenvalue weighted by Crippen LogP contribution is 2.24. The van der Waals surface area contributed by atoms with Gasteiger partial charge in [-0.25, -0.2) is 5.43 Å². The van der Waals surface area contributed by atoms with Crippen LogP contribution in [0.25, 0.3) is 0 Å². The van der Waals surface area contributed by atoms with Gasteiger partial charge in [-0.05, 0) is 59.3 Å². The van der Waals surface area contributed by atoms with Crippen LogP contribution >= 0.6 is 22.6 Å². The van der Waals surface area contributed by atoms with Gasteiger partial charge >= 0.3 is 0 Å². The molecule has 0 unspecified atom stereocenters. The van der Waals surface area contributed by atoms with Crippen LogP contribution < -0.4 is 15.6 Å². The molecular weight excluding hydrogens is 519 g/mol. The molecular formula is C23H23IN6O2. The van der Waals surface area contributed by atoms with Crippen molar-refractivity contribution in [2.24, 2.45) is 5.10 Å². The molecule has 0 bridgehead atoms. The van der Waals surface area contributed by atoms with E-state index >= 15 is 0 Å². The number of aryl methyl sites for hydroxylation is 1. The minimum absolute atomic E-state index is 0.339. The van der Waals surface area contributed by atoms with Crippen LogP contribution in [0.4, 0.5) is 11.4 Å². The summed E-state index contributed by atoms with van der Waals surface area (Å²) >= 11 is 2.19. The number of carbonyl (C=O) groups excluding carboxylic acids is 2. The van der Waals surface area contributed by atoms with E-state index in [-0.39, 0.29) is 6.42 Å². The van der Waals surface area contributed by atoms with Gasteiger partial charge < -0.3 is 10.2 Å². The molecule has 0 radical (unpaired) electrons. The average Bonchev–Trinajstić information content (AvgIpc) is 2.76. The average molecular weight is 542 g/mol. The zero-order valence-electron chi connectivity index (χ0n) is 17.6. The molecule has 2 rings (SSSR count). The van der Waals surface area contributed by atoms with E-state index in [9.17, 15) is 9.59 Å². The van der Waals surface area contributed by atoms with Gasteiger partial charge in [0, 0.05) is 22.3 Å². The molecule has 9 heteroatoms. The Morgan fingerprint density at radius 2 is 1.72 bits per heavy atom. The topological polar surface area (TPSA) is 121 Å². The van der Waals surface area contributed by atoms with E-state index in [1.165, 1.54) is 6.21 Å². The summed E-state index contributed by atoms with van der Waals surface area (Å²) in [4.78, 5) is 25.9. The van der Waals surface area contributed by atoms with E-state index in [0.29, 0.717) is 31.6 Å². The summed E-state index contributed by atoms with van der Waals surface area (Å²) in [6, 6.07) is 17.2. The van der Waals surface area contributed by atoms with Crippen molar-refractivity contribution in [2.45, 2.75) is 26.2 Å². The second kappa shape index (κ2) is 13.1. The number of nitriles is 2. The van der Waals surface area contributed by atoms with E-state index in [0.717, 1.165) is 20.4 Å². The SMILES string of the molecule is Cc1ccc(NC(=O)CC(=O)NN=Cc2ccc(N(CCC#N)CCC#N)c(I)c2)cc1. The van der Waals surface area contributed by atoms with E-state index in [2.05, 4.69) is 50.6 Å². The largest absolute Gasteiger partial charge is 0.369 e. The number of amides is 2. The van der Waals surface area contributed by atoms with Crippen LogP contribution in [-0.4, -0.2) is 31.1 Å². The summed E-state index contributed by atoms with van der Waals surface area (Å²) in [5.74, 6) is -0.938. The molecule has 8 nitrogen and oxygen atoms in total. The van der Waals surface area contributed by atoms with Crippen molar-refractivity contribution in [1.29, 1.82) is 10.5 Å². The molecule has 0 atom stereocenters. The number of benzene rings is 2. The molecule has 0 saturated carbocycles. The molecule has 0 aliphatic heterocycles. The van der Waals surface area contributed by atoms with Crippen molar-refractivity contribution >= 4 is 52.0 Å². The van der Waals surface area contributed by atoms with Crippen molar-refractivity contribution in [3.8, 4) is 12.1 Å². The third kappa shape index (κ3) is 8.36. The molecule has 0 fully saturated rings. The monoisotopic (exact) mass is 542 g/mol. The van der Waals surface area contributed by atoms with Crippen molar-refractivity contribution in [2.75, 3.05) is 23.3 Å². The maximum Gasteiger partial charge on any atom is 0.249 e.